The van der Waals surface area contributed by atoms with Crippen molar-refractivity contribution in [3.05, 3.63) is 35.4 Å². The van der Waals surface area contributed by atoms with Crippen LogP contribution in [0.5, 0.6) is 0 Å². The Hall–Kier alpha value is -0.910. The Kier molecular flexibility index (Phi) is 4.04. The molecule has 2 rings (SSSR count). The summed E-state index contributed by atoms with van der Waals surface area (Å²) < 4.78 is 26.1. The van der Waals surface area contributed by atoms with Crippen molar-refractivity contribution in [1.29, 1.82) is 0 Å². The van der Waals surface area contributed by atoms with E-state index >= 15 is 0 Å². The molecule has 0 amide bonds. The first kappa shape index (κ1) is 13.5. The van der Waals surface area contributed by atoms with Crippen molar-refractivity contribution in [2.75, 3.05) is 33.2 Å². The molecule has 1 heterocycles. The van der Waals surface area contributed by atoms with E-state index in [9.17, 15) is 8.42 Å². The minimum atomic E-state index is -3.17. The summed E-state index contributed by atoms with van der Waals surface area (Å²) in [4.78, 5) is 2.15. The molecule has 0 aliphatic carbocycles. The average molecular weight is 268 g/mol. The minimum absolute atomic E-state index is 0.108. The normalized spacial score (nSPS) is 19.0. The predicted octanol–water partition coefficient (Wildman–Crippen LogP) is 1.07. The summed E-state index contributed by atoms with van der Waals surface area (Å²) >= 11 is 0. The zero-order valence-corrected chi connectivity index (χ0v) is 11.8. The Balaban J connectivity index is 2.05. The first-order valence-electron chi connectivity index (χ1n) is 6.19. The van der Waals surface area contributed by atoms with Crippen LogP contribution in [0.2, 0.25) is 0 Å². The van der Waals surface area contributed by atoms with Crippen LogP contribution in [0, 0.1) is 6.92 Å². The lowest BCUT2D eigenvalue weighted by Crippen LogP contribution is -2.47. The quantitative estimate of drug-likeness (QED) is 0.823. The Labute approximate surface area is 109 Å². The van der Waals surface area contributed by atoms with Crippen LogP contribution in [0.1, 0.15) is 11.1 Å². The van der Waals surface area contributed by atoms with Gasteiger partial charge in [-0.05, 0) is 19.5 Å². The molecule has 1 aromatic carbocycles. The van der Waals surface area contributed by atoms with Gasteiger partial charge in [0.25, 0.3) is 0 Å². The van der Waals surface area contributed by atoms with E-state index in [1.165, 1.54) is 0 Å². The fraction of sp³-hybridized carbons (Fsp3) is 0.538. The van der Waals surface area contributed by atoms with Crippen LogP contribution in [0.4, 0.5) is 0 Å². The zero-order chi connectivity index (χ0) is 13.2. The zero-order valence-electron chi connectivity index (χ0n) is 11.0. The highest BCUT2D eigenvalue weighted by Crippen LogP contribution is 2.13. The maximum Gasteiger partial charge on any atom is 0.218 e. The number of sulfonamides is 1. The molecule has 100 valence electrons. The number of likely N-dealkylation sites (N-methyl/N-ethyl adjacent to an activating group) is 1. The molecule has 0 N–H and O–H groups in total. The molecule has 1 saturated heterocycles. The summed E-state index contributed by atoms with van der Waals surface area (Å²) in [5.74, 6) is 0.108. The van der Waals surface area contributed by atoms with Gasteiger partial charge in [-0.2, -0.15) is 4.31 Å². The van der Waals surface area contributed by atoms with Gasteiger partial charge in [0.2, 0.25) is 10.0 Å². The Bertz CT molecular complexity index is 488. The Morgan fingerprint density at radius 3 is 2.17 bits per heavy atom. The smallest absolute Gasteiger partial charge is 0.218 e. The van der Waals surface area contributed by atoms with Gasteiger partial charge in [-0.25, -0.2) is 8.42 Å². The molecule has 4 nitrogen and oxygen atoms in total. The number of piperazine rings is 1. The molecule has 1 aliphatic rings. The molecule has 0 radical (unpaired) electrons. The second-order valence-electron chi connectivity index (χ2n) is 4.94. The SMILES string of the molecule is Cc1ccc(CS(=O)(=O)N2CCN(C)CC2)cc1. The van der Waals surface area contributed by atoms with Crippen molar-refractivity contribution in [3.8, 4) is 0 Å². The third kappa shape index (κ3) is 3.31. The second kappa shape index (κ2) is 5.38. The van der Waals surface area contributed by atoms with E-state index < -0.39 is 10.0 Å². The van der Waals surface area contributed by atoms with E-state index in [1.54, 1.807) is 4.31 Å². The fourth-order valence-corrected chi connectivity index (χ4v) is 3.57. The Morgan fingerprint density at radius 1 is 1.06 bits per heavy atom. The summed E-state index contributed by atoms with van der Waals surface area (Å²) in [6.45, 7) is 4.83. The number of hydrogen-bond acceptors (Lipinski definition) is 3. The van der Waals surface area contributed by atoms with Crippen LogP contribution in [0.3, 0.4) is 0 Å². The second-order valence-corrected chi connectivity index (χ2v) is 6.91. The topological polar surface area (TPSA) is 40.6 Å². The lowest BCUT2D eigenvalue weighted by Gasteiger charge is -2.31. The molecule has 0 aromatic heterocycles. The molecule has 0 unspecified atom stereocenters. The molecule has 1 aromatic rings. The van der Waals surface area contributed by atoms with Gasteiger partial charge in [0.1, 0.15) is 0 Å². The molecule has 5 heteroatoms. The Morgan fingerprint density at radius 2 is 1.61 bits per heavy atom. The summed E-state index contributed by atoms with van der Waals surface area (Å²) in [5, 5.41) is 0. The first-order valence-corrected chi connectivity index (χ1v) is 7.80. The molecule has 0 atom stereocenters. The molecule has 0 spiro atoms. The molecular formula is C13H20N2O2S. The molecule has 1 aliphatic heterocycles. The summed E-state index contributed by atoms with van der Waals surface area (Å²) in [5.41, 5.74) is 2.01. The van der Waals surface area contributed by atoms with E-state index in [-0.39, 0.29) is 5.75 Å². The molecule has 0 saturated carbocycles. The highest BCUT2D eigenvalue weighted by atomic mass is 32.2. The highest BCUT2D eigenvalue weighted by molar-refractivity contribution is 7.88. The van der Waals surface area contributed by atoms with Crippen molar-refractivity contribution in [2.45, 2.75) is 12.7 Å². The van der Waals surface area contributed by atoms with Crippen LogP contribution in [0.15, 0.2) is 24.3 Å². The highest BCUT2D eigenvalue weighted by Gasteiger charge is 2.25. The van der Waals surface area contributed by atoms with Crippen LogP contribution in [0.25, 0.3) is 0 Å². The molecule has 1 fully saturated rings. The minimum Gasteiger partial charge on any atom is -0.304 e. The van der Waals surface area contributed by atoms with E-state index in [1.807, 2.05) is 38.2 Å². The number of benzene rings is 1. The van der Waals surface area contributed by atoms with Gasteiger partial charge in [-0.15, -0.1) is 0 Å². The van der Waals surface area contributed by atoms with Crippen molar-refractivity contribution >= 4 is 10.0 Å². The molecule has 0 bridgehead atoms. The van der Waals surface area contributed by atoms with Crippen molar-refractivity contribution < 1.29 is 8.42 Å². The van der Waals surface area contributed by atoms with Gasteiger partial charge in [-0.3, -0.25) is 0 Å². The summed E-state index contributed by atoms with van der Waals surface area (Å²) in [6, 6.07) is 7.69. The lowest BCUT2D eigenvalue weighted by molar-refractivity contribution is 0.222. The monoisotopic (exact) mass is 268 g/mol. The summed E-state index contributed by atoms with van der Waals surface area (Å²) in [7, 11) is -1.15. The lowest BCUT2D eigenvalue weighted by atomic mass is 10.2. The van der Waals surface area contributed by atoms with Crippen LogP contribution < -0.4 is 0 Å². The number of hydrogen-bond donors (Lipinski definition) is 0. The maximum atomic E-state index is 12.3. The first-order chi connectivity index (χ1) is 8.47. The van der Waals surface area contributed by atoms with E-state index in [4.69, 9.17) is 0 Å². The van der Waals surface area contributed by atoms with Gasteiger partial charge in [-0.1, -0.05) is 29.8 Å². The van der Waals surface area contributed by atoms with E-state index in [2.05, 4.69) is 4.90 Å². The van der Waals surface area contributed by atoms with E-state index in [0.717, 1.165) is 24.2 Å². The van der Waals surface area contributed by atoms with E-state index in [0.29, 0.717) is 13.1 Å². The van der Waals surface area contributed by atoms with Gasteiger partial charge >= 0.3 is 0 Å². The van der Waals surface area contributed by atoms with Gasteiger partial charge < -0.3 is 4.90 Å². The summed E-state index contributed by atoms with van der Waals surface area (Å²) in [6.07, 6.45) is 0. The average Bonchev–Trinajstić information content (AvgIpc) is 2.32. The number of nitrogens with zero attached hydrogens (tertiary/aromatic N) is 2. The van der Waals surface area contributed by atoms with Crippen molar-refractivity contribution in [3.63, 3.8) is 0 Å². The van der Waals surface area contributed by atoms with Gasteiger partial charge in [0.05, 0.1) is 5.75 Å². The standard InChI is InChI=1S/C13H20N2O2S/c1-12-3-5-13(6-4-12)11-18(16,17)15-9-7-14(2)8-10-15/h3-6H,7-11H2,1-2H3. The van der Waals surface area contributed by atoms with Gasteiger partial charge in [0.15, 0.2) is 0 Å². The third-order valence-electron chi connectivity index (χ3n) is 3.33. The third-order valence-corrected chi connectivity index (χ3v) is 5.18. The van der Waals surface area contributed by atoms with Crippen LogP contribution in [-0.4, -0.2) is 50.8 Å². The number of aryl methyl sites for hydroxylation is 1. The fourth-order valence-electron chi connectivity index (χ4n) is 2.05. The van der Waals surface area contributed by atoms with Crippen LogP contribution in [-0.2, 0) is 15.8 Å². The van der Waals surface area contributed by atoms with Crippen molar-refractivity contribution in [2.24, 2.45) is 0 Å². The molecular weight excluding hydrogens is 248 g/mol. The predicted molar refractivity (Wildman–Crippen MR) is 72.9 cm³/mol. The van der Waals surface area contributed by atoms with Gasteiger partial charge in [0, 0.05) is 26.2 Å². The van der Waals surface area contributed by atoms with Crippen molar-refractivity contribution in [1.82, 2.24) is 9.21 Å². The number of rotatable bonds is 3. The van der Waals surface area contributed by atoms with Crippen LogP contribution >= 0.6 is 0 Å². The maximum absolute atomic E-state index is 12.3. The largest absolute Gasteiger partial charge is 0.304 e. The molecule has 18 heavy (non-hydrogen) atoms.